The number of carboxylic acid groups (broad SMARTS) is 1. The van der Waals surface area contributed by atoms with E-state index in [-0.39, 0.29) is 25.3 Å². The third kappa shape index (κ3) is 3.11. The fraction of sp³-hybridized carbons (Fsp3) is 0.500. The van der Waals surface area contributed by atoms with Crippen molar-refractivity contribution in [3.8, 4) is 0 Å². The van der Waals surface area contributed by atoms with Gasteiger partial charge in [0.05, 0.1) is 0 Å². The molecule has 1 aliphatic carbocycles. The van der Waals surface area contributed by atoms with Crippen LogP contribution < -0.4 is 11.1 Å². The minimum atomic E-state index is -1.78. The Hall–Kier alpha value is -1.95. The fourth-order valence-corrected chi connectivity index (χ4v) is 3.03. The molecule has 0 aliphatic heterocycles. The average molecular weight is 308 g/mol. The van der Waals surface area contributed by atoms with Crippen LogP contribution in [0, 0.1) is 5.41 Å². The number of halogens is 1. The Kier molecular flexibility index (Phi) is 4.81. The number of amides is 1. The van der Waals surface area contributed by atoms with Crippen molar-refractivity contribution in [2.75, 3.05) is 0 Å². The number of alkyl halides is 1. The Morgan fingerprint density at radius 1 is 1.41 bits per heavy atom. The van der Waals surface area contributed by atoms with Crippen molar-refractivity contribution in [3.63, 3.8) is 0 Å². The van der Waals surface area contributed by atoms with E-state index in [1.165, 1.54) is 0 Å². The summed E-state index contributed by atoms with van der Waals surface area (Å²) in [6.07, 6.45) is -1.50. The van der Waals surface area contributed by atoms with Crippen LogP contribution in [0.25, 0.3) is 0 Å². The van der Waals surface area contributed by atoms with Crippen molar-refractivity contribution < 1.29 is 19.1 Å². The molecule has 2 rings (SSSR count). The van der Waals surface area contributed by atoms with Crippen LogP contribution in [-0.4, -0.2) is 29.2 Å². The fourth-order valence-electron chi connectivity index (χ4n) is 3.03. The van der Waals surface area contributed by atoms with Crippen LogP contribution in [0.3, 0.4) is 0 Å². The lowest BCUT2D eigenvalue weighted by molar-refractivity contribution is -0.159. The van der Waals surface area contributed by atoms with Crippen molar-refractivity contribution in [1.29, 1.82) is 0 Å². The van der Waals surface area contributed by atoms with Crippen LogP contribution in [0.1, 0.15) is 37.8 Å². The predicted octanol–water partition coefficient (Wildman–Crippen LogP) is 1.78. The number of aliphatic carboxylic acids is 1. The summed E-state index contributed by atoms with van der Waals surface area (Å²) in [5, 5.41) is 12.4. The number of carbonyl (C=O) groups is 2. The number of hydrogen-bond acceptors (Lipinski definition) is 3. The van der Waals surface area contributed by atoms with E-state index in [9.17, 15) is 19.1 Å². The maximum Gasteiger partial charge on any atom is 0.319 e. The van der Waals surface area contributed by atoms with Gasteiger partial charge in [0.1, 0.15) is 11.6 Å². The van der Waals surface area contributed by atoms with E-state index in [1.54, 1.807) is 0 Å². The molecule has 120 valence electrons. The molecule has 0 radical (unpaired) electrons. The molecule has 1 amide bonds. The summed E-state index contributed by atoms with van der Waals surface area (Å²) >= 11 is 0. The molecule has 1 aromatic carbocycles. The number of hydrogen-bond donors (Lipinski definition) is 3. The van der Waals surface area contributed by atoms with E-state index in [1.807, 2.05) is 37.3 Å². The van der Waals surface area contributed by atoms with Crippen molar-refractivity contribution in [3.05, 3.63) is 35.9 Å². The first-order valence-corrected chi connectivity index (χ1v) is 7.35. The lowest BCUT2D eigenvalue weighted by Gasteiger charge is -2.38. The highest BCUT2D eigenvalue weighted by Gasteiger charge is 2.51. The molecule has 1 aliphatic rings. The number of nitrogens with one attached hydrogen (secondary N) is 1. The van der Waals surface area contributed by atoms with Gasteiger partial charge in [-0.25, -0.2) is 4.39 Å². The molecule has 0 saturated heterocycles. The molecule has 1 saturated carbocycles. The van der Waals surface area contributed by atoms with E-state index < -0.39 is 29.5 Å². The van der Waals surface area contributed by atoms with Crippen LogP contribution >= 0.6 is 0 Å². The molecule has 22 heavy (non-hydrogen) atoms. The second kappa shape index (κ2) is 6.44. The number of nitrogens with two attached hydrogens (primary N) is 1. The van der Waals surface area contributed by atoms with Gasteiger partial charge in [-0.1, -0.05) is 30.3 Å². The zero-order chi connectivity index (χ0) is 16.3. The molecule has 0 spiro atoms. The number of carboxylic acids is 1. The van der Waals surface area contributed by atoms with Gasteiger partial charge < -0.3 is 16.2 Å². The van der Waals surface area contributed by atoms with Gasteiger partial charge in [-0.15, -0.1) is 0 Å². The van der Waals surface area contributed by atoms with Gasteiger partial charge in [-0.05, 0) is 25.3 Å². The van der Waals surface area contributed by atoms with Crippen LogP contribution in [0.5, 0.6) is 0 Å². The molecule has 0 bridgehead atoms. The Morgan fingerprint density at radius 2 is 2.05 bits per heavy atom. The number of carbonyl (C=O) groups excluding carboxylic acids is 1. The Morgan fingerprint density at radius 3 is 2.55 bits per heavy atom. The molecular weight excluding hydrogens is 287 g/mol. The van der Waals surface area contributed by atoms with Crippen molar-refractivity contribution in [2.45, 2.75) is 44.4 Å². The zero-order valence-electron chi connectivity index (χ0n) is 12.5. The first kappa shape index (κ1) is 16.4. The molecule has 5 nitrogen and oxygen atoms in total. The van der Waals surface area contributed by atoms with E-state index >= 15 is 0 Å². The first-order valence-electron chi connectivity index (χ1n) is 7.35. The second-order valence-electron chi connectivity index (χ2n) is 5.92. The molecule has 4 N–H and O–H groups in total. The van der Waals surface area contributed by atoms with Crippen LogP contribution in [0.2, 0.25) is 0 Å². The van der Waals surface area contributed by atoms with Gasteiger partial charge >= 0.3 is 5.97 Å². The van der Waals surface area contributed by atoms with Gasteiger partial charge in [-0.2, -0.15) is 0 Å². The van der Waals surface area contributed by atoms with Crippen LogP contribution in [-0.2, 0) is 9.59 Å². The third-order valence-electron chi connectivity index (χ3n) is 4.51. The Bertz CT molecular complexity index is 536. The molecular formula is C16H21FN2O3. The Balaban J connectivity index is 2.05. The number of primary amides is 1. The molecule has 0 aromatic heterocycles. The summed E-state index contributed by atoms with van der Waals surface area (Å²) in [5.74, 6) is -2.30. The molecule has 1 aromatic rings. The molecule has 6 heteroatoms. The topological polar surface area (TPSA) is 92.4 Å². The highest BCUT2D eigenvalue weighted by atomic mass is 19.1. The Labute approximate surface area is 128 Å². The summed E-state index contributed by atoms with van der Waals surface area (Å²) in [7, 11) is 0. The van der Waals surface area contributed by atoms with Crippen LogP contribution in [0.15, 0.2) is 30.3 Å². The average Bonchev–Trinajstić information content (AvgIpc) is 2.49. The smallest absolute Gasteiger partial charge is 0.319 e. The predicted molar refractivity (Wildman–Crippen MR) is 79.8 cm³/mol. The molecule has 0 heterocycles. The van der Waals surface area contributed by atoms with E-state index in [0.29, 0.717) is 0 Å². The SMILES string of the molecule is C[C@@H](N[C@@H]1CC[C@@](C(N)=O)(C(=O)O)C[C@@H]1F)c1ccccc1. The van der Waals surface area contributed by atoms with E-state index in [0.717, 1.165) is 5.56 Å². The summed E-state index contributed by atoms with van der Waals surface area (Å²) in [4.78, 5) is 22.8. The van der Waals surface area contributed by atoms with Gasteiger partial charge in [0.2, 0.25) is 5.91 Å². The normalized spacial score (nSPS) is 29.7. The van der Waals surface area contributed by atoms with E-state index in [2.05, 4.69) is 5.32 Å². The molecule has 4 atom stereocenters. The van der Waals surface area contributed by atoms with E-state index in [4.69, 9.17) is 5.73 Å². The van der Waals surface area contributed by atoms with Crippen molar-refractivity contribution in [1.82, 2.24) is 5.32 Å². The van der Waals surface area contributed by atoms with Gasteiger partial charge in [0, 0.05) is 18.5 Å². The van der Waals surface area contributed by atoms with Gasteiger partial charge in [0.15, 0.2) is 0 Å². The summed E-state index contributed by atoms with van der Waals surface area (Å²) in [6, 6.07) is 9.06. The monoisotopic (exact) mass is 308 g/mol. The second-order valence-corrected chi connectivity index (χ2v) is 5.92. The molecule has 1 fully saturated rings. The quantitative estimate of drug-likeness (QED) is 0.723. The first-order chi connectivity index (χ1) is 10.4. The summed E-state index contributed by atoms with van der Waals surface area (Å²) < 4.78 is 14.4. The standard InChI is InChI=1S/C16H21FN2O3/c1-10(11-5-3-2-4-6-11)19-13-7-8-16(14(18)20,15(21)22)9-12(13)17/h2-6,10,12-13,19H,7-9H2,1H3,(H2,18,20)(H,21,22)/t10-,12+,13-,16-/m1/s1. The summed E-state index contributed by atoms with van der Waals surface area (Å²) in [6.45, 7) is 1.93. The third-order valence-corrected chi connectivity index (χ3v) is 4.51. The lowest BCUT2D eigenvalue weighted by atomic mass is 9.71. The number of benzene rings is 1. The maximum atomic E-state index is 14.4. The van der Waals surface area contributed by atoms with Crippen molar-refractivity contribution >= 4 is 11.9 Å². The van der Waals surface area contributed by atoms with Gasteiger partial charge in [-0.3, -0.25) is 9.59 Å². The number of rotatable bonds is 5. The molecule has 0 unspecified atom stereocenters. The van der Waals surface area contributed by atoms with Gasteiger partial charge in [0.25, 0.3) is 0 Å². The minimum absolute atomic E-state index is 0.0528. The van der Waals surface area contributed by atoms with Crippen LogP contribution in [0.4, 0.5) is 4.39 Å². The highest BCUT2D eigenvalue weighted by Crippen LogP contribution is 2.38. The minimum Gasteiger partial charge on any atom is -0.480 e. The largest absolute Gasteiger partial charge is 0.480 e. The van der Waals surface area contributed by atoms with Crippen molar-refractivity contribution in [2.24, 2.45) is 11.1 Å². The highest BCUT2D eigenvalue weighted by molar-refractivity contribution is 6.01. The lowest BCUT2D eigenvalue weighted by Crippen LogP contribution is -2.54. The zero-order valence-corrected chi connectivity index (χ0v) is 12.5. The maximum absolute atomic E-state index is 14.4. The summed E-state index contributed by atoms with van der Waals surface area (Å²) in [5.41, 5.74) is 4.44.